The third-order valence-electron chi connectivity index (χ3n) is 4.39. The first kappa shape index (κ1) is 23.2. The van der Waals surface area contributed by atoms with Gasteiger partial charge in [0.05, 0.1) is 13.2 Å². The summed E-state index contributed by atoms with van der Waals surface area (Å²) in [6.07, 6.45) is 0. The lowest BCUT2D eigenvalue weighted by Crippen LogP contribution is -2.36. The second kappa shape index (κ2) is 12.5. The first-order valence-corrected chi connectivity index (χ1v) is 10.1. The minimum atomic E-state index is -0.105. The molecular weight excluding hydrogens is 380 g/mol. The lowest BCUT2D eigenvalue weighted by molar-refractivity contribution is 0.0963. The fourth-order valence-electron chi connectivity index (χ4n) is 2.82. The summed E-state index contributed by atoms with van der Waals surface area (Å²) in [5.74, 6) is 1.44. The van der Waals surface area contributed by atoms with Crippen molar-refractivity contribution in [1.82, 2.24) is 16.0 Å². The van der Waals surface area contributed by atoms with Crippen LogP contribution in [-0.2, 0) is 17.8 Å². The third-order valence-corrected chi connectivity index (χ3v) is 4.39. The first-order valence-electron chi connectivity index (χ1n) is 10.1. The Hall–Kier alpha value is -3.06. The number of aliphatic imine (C=N–C) groups is 1. The predicted molar refractivity (Wildman–Crippen MR) is 120 cm³/mol. The number of carbonyl (C=O) groups is 1. The van der Waals surface area contributed by atoms with E-state index >= 15 is 0 Å². The predicted octanol–water partition coefficient (Wildman–Crippen LogP) is 2.64. The van der Waals surface area contributed by atoms with Gasteiger partial charge in [0.2, 0.25) is 0 Å². The number of rotatable bonds is 10. The van der Waals surface area contributed by atoms with Crippen LogP contribution in [0.15, 0.2) is 47.5 Å². The maximum atomic E-state index is 11.8. The number of amides is 1. The molecule has 162 valence electrons. The zero-order valence-corrected chi connectivity index (χ0v) is 18.2. The van der Waals surface area contributed by atoms with E-state index in [-0.39, 0.29) is 5.91 Å². The van der Waals surface area contributed by atoms with Gasteiger partial charge in [-0.3, -0.25) is 4.79 Å². The van der Waals surface area contributed by atoms with Crippen LogP contribution >= 0.6 is 0 Å². The van der Waals surface area contributed by atoms with Crippen molar-refractivity contribution in [1.29, 1.82) is 0 Å². The summed E-state index contributed by atoms with van der Waals surface area (Å²) in [5, 5.41) is 9.25. The number of hydrogen-bond acceptors (Lipinski definition) is 4. The van der Waals surface area contributed by atoms with Crippen LogP contribution in [0.3, 0.4) is 0 Å². The molecule has 30 heavy (non-hydrogen) atoms. The van der Waals surface area contributed by atoms with Crippen molar-refractivity contribution in [3.05, 3.63) is 64.7 Å². The minimum Gasteiger partial charge on any atom is -0.491 e. The highest BCUT2D eigenvalue weighted by Gasteiger charge is 2.07. The van der Waals surface area contributed by atoms with Crippen molar-refractivity contribution in [2.45, 2.75) is 26.9 Å². The summed E-state index contributed by atoms with van der Waals surface area (Å²) in [6.45, 7) is 6.89. The number of carbonyl (C=O) groups excluding carboxylic acids is 1. The topological polar surface area (TPSA) is 84.0 Å². The monoisotopic (exact) mass is 412 g/mol. The van der Waals surface area contributed by atoms with Crippen LogP contribution in [0.2, 0.25) is 0 Å². The van der Waals surface area contributed by atoms with Gasteiger partial charge in [0.25, 0.3) is 5.91 Å². The van der Waals surface area contributed by atoms with Gasteiger partial charge < -0.3 is 25.4 Å². The normalized spacial score (nSPS) is 11.1. The Balaban J connectivity index is 2.06. The Morgan fingerprint density at radius 1 is 1.10 bits per heavy atom. The van der Waals surface area contributed by atoms with E-state index in [4.69, 9.17) is 9.47 Å². The highest BCUT2D eigenvalue weighted by atomic mass is 16.5. The Bertz CT molecular complexity index is 852. The Morgan fingerprint density at radius 3 is 2.67 bits per heavy atom. The number of nitrogens with one attached hydrogen (secondary N) is 3. The number of hydrogen-bond donors (Lipinski definition) is 3. The first-order chi connectivity index (χ1) is 14.6. The average Bonchev–Trinajstić information content (AvgIpc) is 2.76. The number of aryl methyl sites for hydroxylation is 1. The van der Waals surface area contributed by atoms with Crippen LogP contribution in [0.1, 0.15) is 34.0 Å². The fourth-order valence-corrected chi connectivity index (χ4v) is 2.82. The van der Waals surface area contributed by atoms with Crippen molar-refractivity contribution < 1.29 is 14.3 Å². The molecule has 0 saturated carbocycles. The summed E-state index contributed by atoms with van der Waals surface area (Å²) in [4.78, 5) is 16.5. The minimum absolute atomic E-state index is 0.105. The van der Waals surface area contributed by atoms with E-state index in [1.54, 1.807) is 20.2 Å². The zero-order chi connectivity index (χ0) is 21.8. The molecule has 1 amide bonds. The summed E-state index contributed by atoms with van der Waals surface area (Å²) in [7, 11) is 3.28. The molecule has 0 saturated heterocycles. The molecule has 2 rings (SSSR count). The van der Waals surface area contributed by atoms with Crippen LogP contribution in [0.4, 0.5) is 0 Å². The lowest BCUT2D eigenvalue weighted by Gasteiger charge is -2.15. The molecule has 0 aliphatic rings. The number of ether oxygens (including phenoxy) is 2. The fraction of sp³-hybridized carbons (Fsp3) is 0.391. The Morgan fingerprint density at radius 2 is 1.93 bits per heavy atom. The van der Waals surface area contributed by atoms with Crippen LogP contribution in [0.5, 0.6) is 5.75 Å². The summed E-state index contributed by atoms with van der Waals surface area (Å²) in [5.41, 5.74) is 3.78. The number of guanidine groups is 1. The van der Waals surface area contributed by atoms with Crippen molar-refractivity contribution >= 4 is 11.9 Å². The van der Waals surface area contributed by atoms with Gasteiger partial charge in [0, 0.05) is 38.4 Å². The average molecular weight is 413 g/mol. The van der Waals surface area contributed by atoms with E-state index in [0.29, 0.717) is 37.8 Å². The van der Waals surface area contributed by atoms with Crippen molar-refractivity contribution in [3.63, 3.8) is 0 Å². The molecule has 0 aliphatic heterocycles. The largest absolute Gasteiger partial charge is 0.491 e. The molecule has 0 aromatic heterocycles. The molecule has 2 aromatic carbocycles. The molecular formula is C23H32N4O3. The number of methoxy groups -OCH3 is 1. The quantitative estimate of drug-likeness (QED) is 0.317. The molecule has 2 aromatic rings. The molecule has 0 radical (unpaired) electrons. The Kier molecular flexibility index (Phi) is 9.67. The van der Waals surface area contributed by atoms with Gasteiger partial charge in [-0.25, -0.2) is 4.99 Å². The van der Waals surface area contributed by atoms with Gasteiger partial charge in [-0.1, -0.05) is 24.3 Å². The zero-order valence-electron chi connectivity index (χ0n) is 18.2. The molecule has 3 N–H and O–H groups in total. The SMILES string of the molecule is CCNC(=NCc1cccc(C(=O)NC)c1)NCc1ccc(C)cc1OCCOC. The second-order valence-corrected chi connectivity index (χ2v) is 6.78. The summed E-state index contributed by atoms with van der Waals surface area (Å²) >= 11 is 0. The number of benzene rings is 2. The van der Waals surface area contributed by atoms with E-state index < -0.39 is 0 Å². The van der Waals surface area contributed by atoms with Gasteiger partial charge in [-0.15, -0.1) is 0 Å². The molecule has 7 heteroatoms. The Labute approximate surface area is 178 Å². The van der Waals surface area contributed by atoms with Gasteiger partial charge in [0.15, 0.2) is 5.96 Å². The van der Waals surface area contributed by atoms with E-state index in [2.05, 4.69) is 33.1 Å². The maximum absolute atomic E-state index is 11.8. The lowest BCUT2D eigenvalue weighted by atomic mass is 10.1. The third kappa shape index (κ3) is 7.40. The van der Waals surface area contributed by atoms with E-state index in [1.807, 2.05) is 38.1 Å². The van der Waals surface area contributed by atoms with Crippen LogP contribution in [0.25, 0.3) is 0 Å². The van der Waals surface area contributed by atoms with Crippen molar-refractivity contribution in [3.8, 4) is 5.75 Å². The maximum Gasteiger partial charge on any atom is 0.251 e. The van der Waals surface area contributed by atoms with E-state index in [0.717, 1.165) is 29.0 Å². The highest BCUT2D eigenvalue weighted by Crippen LogP contribution is 2.20. The van der Waals surface area contributed by atoms with Crippen LogP contribution in [0, 0.1) is 6.92 Å². The molecule has 0 spiro atoms. The van der Waals surface area contributed by atoms with Crippen molar-refractivity contribution in [2.24, 2.45) is 4.99 Å². The molecule has 0 heterocycles. The van der Waals surface area contributed by atoms with Crippen LogP contribution in [-0.4, -0.2) is 45.8 Å². The van der Waals surface area contributed by atoms with Gasteiger partial charge >= 0.3 is 0 Å². The smallest absolute Gasteiger partial charge is 0.251 e. The van der Waals surface area contributed by atoms with Crippen LogP contribution < -0.4 is 20.7 Å². The van der Waals surface area contributed by atoms with Crippen molar-refractivity contribution in [2.75, 3.05) is 33.9 Å². The van der Waals surface area contributed by atoms with Gasteiger partial charge in [0.1, 0.15) is 12.4 Å². The molecule has 0 bridgehead atoms. The standard InChI is InChI=1S/C23H32N4O3/c1-5-25-23(26-15-18-7-6-8-19(14-18)22(28)24-3)27-16-20-10-9-17(2)13-21(20)30-12-11-29-4/h6-10,13-14H,5,11-12,15-16H2,1-4H3,(H,24,28)(H2,25,26,27). The van der Waals surface area contributed by atoms with E-state index in [1.165, 1.54) is 0 Å². The van der Waals surface area contributed by atoms with Gasteiger partial charge in [-0.05, 0) is 43.2 Å². The molecule has 0 aliphatic carbocycles. The second-order valence-electron chi connectivity index (χ2n) is 6.78. The molecule has 7 nitrogen and oxygen atoms in total. The van der Waals surface area contributed by atoms with Gasteiger partial charge in [-0.2, -0.15) is 0 Å². The summed E-state index contributed by atoms with van der Waals surface area (Å²) in [6, 6.07) is 13.6. The van der Waals surface area contributed by atoms with E-state index in [9.17, 15) is 4.79 Å². The summed E-state index contributed by atoms with van der Waals surface area (Å²) < 4.78 is 10.9. The molecule has 0 unspecified atom stereocenters. The highest BCUT2D eigenvalue weighted by molar-refractivity contribution is 5.94. The number of nitrogens with zero attached hydrogens (tertiary/aromatic N) is 1. The molecule has 0 fully saturated rings. The molecule has 0 atom stereocenters.